The van der Waals surface area contributed by atoms with Crippen LogP contribution in [-0.4, -0.2) is 11.0 Å². The highest BCUT2D eigenvalue weighted by Gasteiger charge is 1.99. The minimum absolute atomic E-state index is 0.231. The Kier molecular flexibility index (Phi) is 4.22. The van der Waals surface area contributed by atoms with Crippen LogP contribution in [0.2, 0.25) is 0 Å². The molecule has 0 saturated carbocycles. The zero-order valence-corrected chi connectivity index (χ0v) is 6.46. The smallest absolute Gasteiger partial charge is 0.311 e. The van der Waals surface area contributed by atoms with Crippen molar-refractivity contribution in [1.29, 1.82) is 0 Å². The molecular formula is C6H10O2S. The van der Waals surface area contributed by atoms with E-state index >= 15 is 0 Å². The molecule has 9 heavy (non-hydrogen) atoms. The van der Waals surface area contributed by atoms with Crippen LogP contribution < -0.4 is 0 Å². The predicted octanol–water partition coefficient (Wildman–Crippen LogP) is 1.68. The van der Waals surface area contributed by atoms with Gasteiger partial charge in [-0.25, -0.2) is 0 Å². The summed E-state index contributed by atoms with van der Waals surface area (Å²) in [6.07, 6.45) is 1.26. The van der Waals surface area contributed by atoms with Gasteiger partial charge in [0.1, 0.15) is 0 Å². The molecule has 3 heteroatoms. The van der Waals surface area contributed by atoms with Gasteiger partial charge in [-0.15, -0.1) is 0 Å². The molecule has 0 aromatic heterocycles. The lowest BCUT2D eigenvalue weighted by molar-refractivity contribution is -0.135. The van der Waals surface area contributed by atoms with Crippen molar-refractivity contribution in [3.8, 4) is 0 Å². The van der Waals surface area contributed by atoms with Crippen molar-refractivity contribution < 1.29 is 9.53 Å². The fourth-order valence-corrected chi connectivity index (χ4v) is 0.508. The Hall–Kier alpha value is -0.440. The van der Waals surface area contributed by atoms with Gasteiger partial charge in [0.25, 0.3) is 0 Å². The van der Waals surface area contributed by atoms with Crippen LogP contribution in [-0.2, 0) is 9.53 Å². The summed E-state index contributed by atoms with van der Waals surface area (Å²) < 4.78 is 4.58. The van der Waals surface area contributed by atoms with Gasteiger partial charge in [0, 0.05) is 13.3 Å². The molecule has 0 radical (unpaired) electrons. The van der Waals surface area contributed by atoms with Gasteiger partial charge in [0.2, 0.25) is 0 Å². The minimum atomic E-state index is -0.231. The molecule has 0 atom stereocenters. The van der Waals surface area contributed by atoms with Gasteiger partial charge in [-0.1, -0.05) is 6.92 Å². The highest BCUT2D eigenvalue weighted by molar-refractivity contribution is 7.80. The van der Waals surface area contributed by atoms with Crippen LogP contribution >= 0.6 is 12.2 Å². The number of ether oxygens (including phenoxy) is 1. The van der Waals surface area contributed by atoms with E-state index in [2.05, 4.69) is 17.0 Å². The van der Waals surface area contributed by atoms with Crippen LogP contribution in [0.1, 0.15) is 26.7 Å². The van der Waals surface area contributed by atoms with E-state index in [1.54, 1.807) is 6.92 Å². The molecule has 0 rings (SSSR count). The molecule has 0 aliphatic carbocycles. The Morgan fingerprint density at radius 3 is 2.56 bits per heavy atom. The van der Waals surface area contributed by atoms with E-state index in [4.69, 9.17) is 0 Å². The molecule has 0 saturated heterocycles. The van der Waals surface area contributed by atoms with Gasteiger partial charge in [-0.05, 0) is 18.6 Å². The van der Waals surface area contributed by atoms with Crippen molar-refractivity contribution in [3.05, 3.63) is 0 Å². The molecule has 0 heterocycles. The third kappa shape index (κ3) is 5.43. The number of rotatable bonds is 2. The van der Waals surface area contributed by atoms with Crippen molar-refractivity contribution in [3.63, 3.8) is 0 Å². The second-order valence-electron chi connectivity index (χ2n) is 1.72. The van der Waals surface area contributed by atoms with Crippen LogP contribution in [0.4, 0.5) is 0 Å². The van der Waals surface area contributed by atoms with E-state index in [1.807, 2.05) is 6.92 Å². The quantitative estimate of drug-likeness (QED) is 0.438. The second-order valence-corrected chi connectivity index (χ2v) is 2.29. The molecule has 0 amide bonds. The average molecular weight is 146 g/mol. The van der Waals surface area contributed by atoms with Crippen LogP contribution in [0.25, 0.3) is 0 Å². The number of hydrogen-bond acceptors (Lipinski definition) is 3. The summed E-state index contributed by atoms with van der Waals surface area (Å²) in [6, 6.07) is 0. The highest BCUT2D eigenvalue weighted by Crippen LogP contribution is 1.91. The molecule has 0 aromatic rings. The van der Waals surface area contributed by atoms with E-state index in [0.717, 1.165) is 6.42 Å². The summed E-state index contributed by atoms with van der Waals surface area (Å²) in [5.74, 6) is -0.231. The zero-order valence-electron chi connectivity index (χ0n) is 5.64. The molecule has 0 bridgehead atoms. The Morgan fingerprint density at radius 1 is 1.67 bits per heavy atom. The number of esters is 1. The molecule has 0 spiro atoms. The normalized spacial score (nSPS) is 8.67. The summed E-state index contributed by atoms with van der Waals surface area (Å²) in [7, 11) is 0. The van der Waals surface area contributed by atoms with Crippen LogP contribution in [0, 0.1) is 0 Å². The fraction of sp³-hybridized carbons (Fsp3) is 0.667. The monoisotopic (exact) mass is 146 g/mol. The average Bonchev–Trinajstić information content (AvgIpc) is 1.63. The first-order chi connectivity index (χ1) is 4.16. The Bertz CT molecular complexity index is 120. The van der Waals surface area contributed by atoms with E-state index in [1.165, 1.54) is 0 Å². The van der Waals surface area contributed by atoms with Gasteiger partial charge in [-0.2, -0.15) is 0 Å². The number of hydrogen-bond donors (Lipinski definition) is 0. The highest BCUT2D eigenvalue weighted by atomic mass is 32.1. The minimum Gasteiger partial charge on any atom is -0.419 e. The van der Waals surface area contributed by atoms with Crippen molar-refractivity contribution in [2.45, 2.75) is 26.7 Å². The maximum atomic E-state index is 10.5. The number of thiocarbonyl (C=S) groups is 1. The molecule has 0 N–H and O–H groups in total. The van der Waals surface area contributed by atoms with Crippen molar-refractivity contribution >= 4 is 23.2 Å². The molecule has 52 valence electrons. The number of carbonyl (C=O) groups is 1. The second kappa shape index (κ2) is 4.44. The molecule has 0 aliphatic heterocycles. The van der Waals surface area contributed by atoms with Crippen LogP contribution in [0.15, 0.2) is 0 Å². The summed E-state index contributed by atoms with van der Waals surface area (Å²) in [4.78, 5) is 10.5. The number of carbonyl (C=O) groups excluding carboxylic acids is 1. The van der Waals surface area contributed by atoms with Gasteiger partial charge >= 0.3 is 5.97 Å². The van der Waals surface area contributed by atoms with E-state index in [9.17, 15) is 4.79 Å². The third-order valence-corrected chi connectivity index (χ3v) is 0.795. The first-order valence-corrected chi connectivity index (χ1v) is 3.29. The van der Waals surface area contributed by atoms with E-state index in [-0.39, 0.29) is 5.97 Å². The topological polar surface area (TPSA) is 26.3 Å². The lowest BCUT2D eigenvalue weighted by Gasteiger charge is -1.97. The Morgan fingerprint density at radius 2 is 2.22 bits per heavy atom. The molecule has 0 fully saturated rings. The summed E-state index contributed by atoms with van der Waals surface area (Å²) in [5.41, 5.74) is 0. The SMILES string of the molecule is CCCC(=O)OC(C)=S. The van der Waals surface area contributed by atoms with Gasteiger partial charge < -0.3 is 4.74 Å². The zero-order chi connectivity index (χ0) is 7.28. The summed E-state index contributed by atoms with van der Waals surface area (Å²) >= 11 is 4.54. The van der Waals surface area contributed by atoms with Crippen molar-refractivity contribution in [2.24, 2.45) is 0 Å². The van der Waals surface area contributed by atoms with E-state index < -0.39 is 0 Å². The Balaban J connectivity index is 3.39. The van der Waals surface area contributed by atoms with Gasteiger partial charge in [0.15, 0.2) is 5.05 Å². The van der Waals surface area contributed by atoms with Gasteiger partial charge in [0.05, 0.1) is 0 Å². The molecule has 0 unspecified atom stereocenters. The summed E-state index contributed by atoms with van der Waals surface area (Å²) in [5, 5.41) is 0.299. The van der Waals surface area contributed by atoms with Crippen molar-refractivity contribution in [2.75, 3.05) is 0 Å². The standard InChI is InChI=1S/C6H10O2S/c1-3-4-6(7)8-5(2)9/h3-4H2,1-2H3. The fourth-order valence-electron chi connectivity index (χ4n) is 0.415. The van der Waals surface area contributed by atoms with Gasteiger partial charge in [-0.3, -0.25) is 4.79 Å². The predicted molar refractivity (Wildman–Crippen MR) is 39.3 cm³/mol. The summed E-state index contributed by atoms with van der Waals surface area (Å²) in [6.45, 7) is 3.50. The van der Waals surface area contributed by atoms with Crippen LogP contribution in [0.5, 0.6) is 0 Å². The first-order valence-electron chi connectivity index (χ1n) is 2.88. The molecule has 2 nitrogen and oxygen atoms in total. The lowest BCUT2D eigenvalue weighted by atomic mass is 10.3. The lowest BCUT2D eigenvalue weighted by Crippen LogP contribution is -2.06. The maximum absolute atomic E-state index is 10.5. The first kappa shape index (κ1) is 8.56. The Labute approximate surface area is 60.2 Å². The van der Waals surface area contributed by atoms with Crippen molar-refractivity contribution in [1.82, 2.24) is 0 Å². The maximum Gasteiger partial charge on any atom is 0.311 e. The molecule has 0 aromatic carbocycles. The molecular weight excluding hydrogens is 136 g/mol. The molecule has 0 aliphatic rings. The third-order valence-electron chi connectivity index (χ3n) is 0.712. The van der Waals surface area contributed by atoms with E-state index in [0.29, 0.717) is 11.5 Å². The van der Waals surface area contributed by atoms with Crippen LogP contribution in [0.3, 0.4) is 0 Å². The largest absolute Gasteiger partial charge is 0.419 e.